The molecule has 1 aromatic carbocycles. The molecule has 0 saturated carbocycles. The zero-order valence-electron chi connectivity index (χ0n) is 15.4. The van der Waals surface area contributed by atoms with Crippen molar-refractivity contribution < 1.29 is 9.18 Å². The number of amides is 1. The Morgan fingerprint density at radius 3 is 2.59 bits per heavy atom. The van der Waals surface area contributed by atoms with Crippen molar-refractivity contribution in [2.75, 3.05) is 5.32 Å². The van der Waals surface area contributed by atoms with Gasteiger partial charge < -0.3 is 15.2 Å². The van der Waals surface area contributed by atoms with Crippen LogP contribution in [0.2, 0.25) is 0 Å². The molecule has 3 heterocycles. The molecular weight excluding hydrogens is 345 g/mol. The Kier molecular flexibility index (Phi) is 3.95. The lowest BCUT2D eigenvalue weighted by molar-refractivity contribution is -0.124. The molecule has 4 rings (SSSR count). The quantitative estimate of drug-likeness (QED) is 0.745. The molecule has 27 heavy (non-hydrogen) atoms. The van der Waals surface area contributed by atoms with Crippen LogP contribution in [0, 0.1) is 12.7 Å². The van der Waals surface area contributed by atoms with E-state index in [0.29, 0.717) is 11.5 Å². The maximum atomic E-state index is 13.4. The molecule has 1 amide bonds. The maximum Gasteiger partial charge on any atom is 0.240 e. The normalized spacial score (nSPS) is 15.2. The van der Waals surface area contributed by atoms with Crippen LogP contribution in [0.5, 0.6) is 0 Å². The Bertz CT molecular complexity index is 1010. The summed E-state index contributed by atoms with van der Waals surface area (Å²) in [6.45, 7) is 5.90. The van der Waals surface area contributed by atoms with Gasteiger partial charge in [0.05, 0.1) is 17.4 Å². The van der Waals surface area contributed by atoms with E-state index in [-0.39, 0.29) is 18.3 Å². The van der Waals surface area contributed by atoms with Crippen LogP contribution < -0.4 is 10.6 Å². The smallest absolute Gasteiger partial charge is 0.240 e. The molecule has 1 aliphatic heterocycles. The summed E-state index contributed by atoms with van der Waals surface area (Å²) in [6, 6.07) is 10.0. The molecule has 3 aromatic rings. The fourth-order valence-corrected chi connectivity index (χ4v) is 3.29. The second-order valence-electron chi connectivity index (χ2n) is 7.21. The van der Waals surface area contributed by atoms with Crippen LogP contribution in [0.15, 0.2) is 42.6 Å². The summed E-state index contributed by atoms with van der Waals surface area (Å²) in [5, 5.41) is 6.31. The van der Waals surface area contributed by atoms with Crippen LogP contribution in [-0.4, -0.2) is 20.4 Å². The molecule has 0 saturated heterocycles. The number of pyridine rings is 1. The Balaban J connectivity index is 1.88. The van der Waals surface area contributed by atoms with E-state index in [0.717, 1.165) is 22.8 Å². The van der Waals surface area contributed by atoms with E-state index in [2.05, 4.69) is 15.6 Å². The van der Waals surface area contributed by atoms with Gasteiger partial charge in [0.1, 0.15) is 29.7 Å². The van der Waals surface area contributed by atoms with Gasteiger partial charge in [0.15, 0.2) is 0 Å². The molecule has 2 aromatic heterocycles. The molecule has 0 fully saturated rings. The fourth-order valence-electron chi connectivity index (χ4n) is 3.29. The topological polar surface area (TPSA) is 71.8 Å². The molecule has 1 aliphatic rings. The largest absolute Gasteiger partial charge is 0.342 e. The second kappa shape index (κ2) is 6.19. The Labute approximate surface area is 156 Å². The number of benzene rings is 1. The van der Waals surface area contributed by atoms with Crippen molar-refractivity contribution in [2.45, 2.75) is 32.9 Å². The first kappa shape index (κ1) is 17.2. The number of rotatable bonds is 3. The molecule has 6 nitrogen and oxygen atoms in total. The lowest BCUT2D eigenvalue weighted by Gasteiger charge is -2.31. The minimum atomic E-state index is -0.616. The van der Waals surface area contributed by atoms with Gasteiger partial charge in [0, 0.05) is 11.3 Å². The summed E-state index contributed by atoms with van der Waals surface area (Å²) in [7, 11) is 0. The SMILES string of the molecule is Cc1ccc(Nc2c(-c3ccc(F)cc3)nc3n2CC(=O)NC3(C)C)cn1. The van der Waals surface area contributed by atoms with Crippen molar-refractivity contribution in [3.05, 3.63) is 59.9 Å². The van der Waals surface area contributed by atoms with Crippen molar-refractivity contribution in [2.24, 2.45) is 0 Å². The highest BCUT2D eigenvalue weighted by atomic mass is 19.1. The maximum absolute atomic E-state index is 13.4. The summed E-state index contributed by atoms with van der Waals surface area (Å²) < 4.78 is 15.3. The molecule has 0 bridgehead atoms. The predicted octanol–water partition coefficient (Wildman–Crippen LogP) is 3.50. The summed E-state index contributed by atoms with van der Waals surface area (Å²) in [5.74, 6) is 1.03. The average Bonchev–Trinajstić information content (AvgIpc) is 2.96. The van der Waals surface area contributed by atoms with Crippen LogP contribution in [0.1, 0.15) is 25.4 Å². The summed E-state index contributed by atoms with van der Waals surface area (Å²) >= 11 is 0. The first-order valence-electron chi connectivity index (χ1n) is 8.71. The number of anilines is 2. The number of nitrogens with one attached hydrogen (secondary N) is 2. The van der Waals surface area contributed by atoms with Crippen LogP contribution in [-0.2, 0) is 16.9 Å². The summed E-state index contributed by atoms with van der Waals surface area (Å²) in [6.07, 6.45) is 1.73. The van der Waals surface area contributed by atoms with E-state index in [1.165, 1.54) is 12.1 Å². The zero-order valence-corrected chi connectivity index (χ0v) is 15.4. The van der Waals surface area contributed by atoms with Crippen LogP contribution in [0.3, 0.4) is 0 Å². The van der Waals surface area contributed by atoms with Crippen molar-refractivity contribution in [1.82, 2.24) is 19.9 Å². The number of aryl methyl sites for hydroxylation is 1. The fraction of sp³-hybridized carbons (Fsp3) is 0.250. The number of carbonyl (C=O) groups excluding carboxylic acids is 1. The monoisotopic (exact) mass is 365 g/mol. The standard InChI is InChI=1S/C20H20FN5O/c1-12-4-9-15(10-22-12)23-18-17(13-5-7-14(21)8-6-13)24-19-20(2,3)25-16(27)11-26(18)19/h4-10,23H,11H2,1-3H3,(H,25,27). The molecule has 0 unspecified atom stereocenters. The van der Waals surface area contributed by atoms with Gasteiger partial charge in [-0.1, -0.05) is 0 Å². The van der Waals surface area contributed by atoms with E-state index >= 15 is 0 Å². The third-order valence-electron chi connectivity index (χ3n) is 4.57. The lowest BCUT2D eigenvalue weighted by atomic mass is 10.0. The van der Waals surface area contributed by atoms with E-state index in [1.807, 2.05) is 37.5 Å². The Morgan fingerprint density at radius 1 is 1.19 bits per heavy atom. The number of hydrogen-bond acceptors (Lipinski definition) is 4. The number of nitrogens with zero attached hydrogens (tertiary/aromatic N) is 3. The van der Waals surface area contributed by atoms with Crippen LogP contribution >= 0.6 is 0 Å². The summed E-state index contributed by atoms with van der Waals surface area (Å²) in [4.78, 5) is 21.3. The van der Waals surface area contributed by atoms with Crippen LogP contribution in [0.4, 0.5) is 15.9 Å². The highest BCUT2D eigenvalue weighted by Gasteiger charge is 2.36. The molecule has 138 valence electrons. The molecule has 0 spiro atoms. The van der Waals surface area contributed by atoms with Gasteiger partial charge in [0.2, 0.25) is 5.91 Å². The highest BCUT2D eigenvalue weighted by Crippen LogP contribution is 2.36. The molecule has 2 N–H and O–H groups in total. The third-order valence-corrected chi connectivity index (χ3v) is 4.57. The van der Waals surface area contributed by atoms with Gasteiger partial charge in [-0.25, -0.2) is 9.37 Å². The van der Waals surface area contributed by atoms with Crippen molar-refractivity contribution in [1.29, 1.82) is 0 Å². The van der Waals surface area contributed by atoms with E-state index < -0.39 is 5.54 Å². The molecule has 0 radical (unpaired) electrons. The first-order valence-corrected chi connectivity index (χ1v) is 8.71. The Hall–Kier alpha value is -3.22. The molecular formula is C20H20FN5O. The first-order chi connectivity index (χ1) is 12.8. The number of halogens is 1. The predicted molar refractivity (Wildman–Crippen MR) is 101 cm³/mol. The van der Waals surface area contributed by atoms with Gasteiger partial charge >= 0.3 is 0 Å². The van der Waals surface area contributed by atoms with E-state index in [9.17, 15) is 9.18 Å². The van der Waals surface area contributed by atoms with Crippen molar-refractivity contribution >= 4 is 17.4 Å². The number of fused-ring (bicyclic) bond motifs is 1. The number of hydrogen-bond donors (Lipinski definition) is 2. The molecule has 0 aliphatic carbocycles. The lowest BCUT2D eigenvalue weighted by Crippen LogP contribution is -2.49. The van der Waals surface area contributed by atoms with Gasteiger partial charge in [-0.05, 0) is 57.2 Å². The van der Waals surface area contributed by atoms with Crippen molar-refractivity contribution in [3.63, 3.8) is 0 Å². The van der Waals surface area contributed by atoms with Crippen LogP contribution in [0.25, 0.3) is 11.3 Å². The molecule has 7 heteroatoms. The number of aromatic nitrogens is 3. The van der Waals surface area contributed by atoms with Gasteiger partial charge in [0.25, 0.3) is 0 Å². The van der Waals surface area contributed by atoms with E-state index in [4.69, 9.17) is 4.98 Å². The highest BCUT2D eigenvalue weighted by molar-refractivity contribution is 5.83. The van der Waals surface area contributed by atoms with Gasteiger partial charge in [-0.2, -0.15) is 0 Å². The van der Waals surface area contributed by atoms with Crippen molar-refractivity contribution in [3.8, 4) is 11.3 Å². The second-order valence-corrected chi connectivity index (χ2v) is 7.21. The van der Waals surface area contributed by atoms with Gasteiger partial charge in [-0.3, -0.25) is 9.78 Å². The zero-order chi connectivity index (χ0) is 19.2. The summed E-state index contributed by atoms with van der Waals surface area (Å²) in [5.41, 5.74) is 2.51. The van der Waals surface area contributed by atoms with Gasteiger partial charge in [-0.15, -0.1) is 0 Å². The number of carbonyl (C=O) groups is 1. The minimum Gasteiger partial charge on any atom is -0.342 e. The Morgan fingerprint density at radius 2 is 1.93 bits per heavy atom. The van der Waals surface area contributed by atoms with E-state index in [1.54, 1.807) is 18.3 Å². The third kappa shape index (κ3) is 3.16. The average molecular weight is 365 g/mol. The number of imidazole rings is 1. The molecule has 0 atom stereocenters. The minimum absolute atomic E-state index is 0.0827.